The average Bonchev–Trinajstić information content (AvgIpc) is 3.06. The van der Waals surface area contributed by atoms with Gasteiger partial charge in [0.15, 0.2) is 5.65 Å². The van der Waals surface area contributed by atoms with Crippen LogP contribution in [0.5, 0.6) is 0 Å². The molecule has 0 radical (unpaired) electrons. The third kappa shape index (κ3) is 2.87. The Labute approximate surface area is 148 Å². The Kier molecular flexibility index (Phi) is 4.02. The van der Waals surface area contributed by atoms with Crippen molar-refractivity contribution in [2.75, 3.05) is 31.1 Å². The summed E-state index contributed by atoms with van der Waals surface area (Å²) < 4.78 is 28.7. The molecule has 1 amide bonds. The fourth-order valence-corrected chi connectivity index (χ4v) is 3.26. The smallest absolute Gasteiger partial charge is 0.254 e. The van der Waals surface area contributed by atoms with Crippen molar-refractivity contribution in [1.29, 1.82) is 0 Å². The number of pyridine rings is 1. The largest absolute Gasteiger partial charge is 0.337 e. The second-order valence-corrected chi connectivity index (χ2v) is 6.30. The molecular weight excluding hydrogens is 340 g/mol. The molecule has 0 aliphatic carbocycles. The van der Waals surface area contributed by atoms with E-state index in [-0.39, 0.29) is 11.5 Å². The summed E-state index contributed by atoms with van der Waals surface area (Å²) in [7, 11) is 0. The van der Waals surface area contributed by atoms with Crippen LogP contribution in [0.15, 0.2) is 36.4 Å². The highest BCUT2D eigenvalue weighted by atomic mass is 19.1. The predicted octanol–water partition coefficient (Wildman–Crippen LogP) is 2.28. The molecule has 134 valence electrons. The molecule has 1 aromatic carbocycles. The van der Waals surface area contributed by atoms with E-state index >= 15 is 0 Å². The Balaban J connectivity index is 1.51. The number of nitrogens with zero attached hydrogens (tertiary/aromatic N) is 5. The zero-order valence-corrected chi connectivity index (χ0v) is 14.2. The highest BCUT2D eigenvalue weighted by Gasteiger charge is 2.25. The van der Waals surface area contributed by atoms with Crippen LogP contribution >= 0.6 is 0 Å². The maximum Gasteiger partial charge on any atom is 0.254 e. The van der Waals surface area contributed by atoms with Crippen LogP contribution in [0.3, 0.4) is 0 Å². The van der Waals surface area contributed by atoms with Crippen LogP contribution in [-0.2, 0) is 0 Å². The summed E-state index contributed by atoms with van der Waals surface area (Å²) in [5, 5.41) is 8.45. The van der Waals surface area contributed by atoms with Crippen LogP contribution in [0, 0.1) is 18.6 Å². The highest BCUT2D eigenvalue weighted by molar-refractivity contribution is 5.94. The number of hydrogen-bond donors (Lipinski definition) is 0. The van der Waals surface area contributed by atoms with Gasteiger partial charge >= 0.3 is 0 Å². The van der Waals surface area contributed by atoms with E-state index in [1.165, 1.54) is 0 Å². The van der Waals surface area contributed by atoms with E-state index in [0.717, 1.165) is 35.5 Å². The van der Waals surface area contributed by atoms with Crippen LogP contribution in [0.4, 0.5) is 14.7 Å². The van der Waals surface area contributed by atoms with E-state index in [4.69, 9.17) is 0 Å². The highest BCUT2D eigenvalue weighted by Crippen LogP contribution is 2.19. The molecule has 0 saturated carbocycles. The summed E-state index contributed by atoms with van der Waals surface area (Å²) in [5.41, 5.74) is 1.82. The number of aromatic nitrogens is 3. The van der Waals surface area contributed by atoms with Crippen LogP contribution in [0.25, 0.3) is 5.65 Å². The van der Waals surface area contributed by atoms with Gasteiger partial charge in [-0.1, -0.05) is 6.07 Å². The van der Waals surface area contributed by atoms with Crippen LogP contribution in [0.2, 0.25) is 0 Å². The fraction of sp³-hybridized carbons (Fsp3) is 0.278. The van der Waals surface area contributed by atoms with Crippen LogP contribution in [0.1, 0.15) is 16.1 Å². The number of piperazine rings is 1. The topological polar surface area (TPSA) is 53.7 Å². The SMILES string of the molecule is Cc1cccc2nnc(N3CCN(C(=O)c4cc(F)cc(F)c4)CC3)n12. The Morgan fingerprint density at radius 2 is 1.69 bits per heavy atom. The third-order valence-electron chi connectivity index (χ3n) is 4.57. The molecule has 1 aliphatic rings. The van der Waals surface area contributed by atoms with Gasteiger partial charge < -0.3 is 9.80 Å². The minimum Gasteiger partial charge on any atom is -0.337 e. The Hall–Kier alpha value is -3.03. The number of amides is 1. The van der Waals surface area contributed by atoms with Gasteiger partial charge in [-0.3, -0.25) is 9.20 Å². The van der Waals surface area contributed by atoms with Gasteiger partial charge in [0.25, 0.3) is 5.91 Å². The van der Waals surface area contributed by atoms with Gasteiger partial charge in [0.1, 0.15) is 11.6 Å². The van der Waals surface area contributed by atoms with Crippen molar-refractivity contribution < 1.29 is 13.6 Å². The van der Waals surface area contributed by atoms with E-state index in [0.29, 0.717) is 26.2 Å². The van der Waals surface area contributed by atoms with Gasteiger partial charge in [0.2, 0.25) is 5.95 Å². The van der Waals surface area contributed by atoms with Crippen LogP contribution < -0.4 is 4.90 Å². The summed E-state index contributed by atoms with van der Waals surface area (Å²) >= 11 is 0. The number of benzene rings is 1. The van der Waals surface area contributed by atoms with Crippen molar-refractivity contribution in [3.63, 3.8) is 0 Å². The zero-order valence-electron chi connectivity index (χ0n) is 14.2. The first kappa shape index (κ1) is 16.4. The van der Waals surface area contributed by atoms with E-state index in [2.05, 4.69) is 15.1 Å². The molecule has 26 heavy (non-hydrogen) atoms. The van der Waals surface area contributed by atoms with Gasteiger partial charge in [0.05, 0.1) is 0 Å². The van der Waals surface area contributed by atoms with E-state index < -0.39 is 11.6 Å². The molecule has 4 rings (SSSR count). The lowest BCUT2D eigenvalue weighted by Crippen LogP contribution is -2.49. The molecule has 3 aromatic rings. The Morgan fingerprint density at radius 1 is 1.00 bits per heavy atom. The number of fused-ring (bicyclic) bond motifs is 1. The van der Waals surface area contributed by atoms with E-state index in [1.54, 1.807) is 4.90 Å². The molecule has 0 N–H and O–H groups in total. The molecule has 8 heteroatoms. The lowest BCUT2D eigenvalue weighted by atomic mass is 10.1. The van der Waals surface area contributed by atoms with Gasteiger partial charge in [-0.2, -0.15) is 0 Å². The van der Waals surface area contributed by atoms with E-state index in [9.17, 15) is 13.6 Å². The Morgan fingerprint density at radius 3 is 2.38 bits per heavy atom. The van der Waals surface area contributed by atoms with Gasteiger partial charge in [-0.15, -0.1) is 10.2 Å². The first-order chi connectivity index (χ1) is 12.5. The summed E-state index contributed by atoms with van der Waals surface area (Å²) in [6.07, 6.45) is 0. The van der Waals surface area contributed by atoms with Crippen molar-refractivity contribution in [3.05, 3.63) is 59.3 Å². The minimum atomic E-state index is -0.752. The third-order valence-corrected chi connectivity index (χ3v) is 4.57. The standard InChI is InChI=1S/C18H17F2N5O/c1-12-3-2-4-16-21-22-18(25(12)16)24-7-5-23(6-8-24)17(26)13-9-14(19)11-15(20)10-13/h2-4,9-11H,5-8H2,1H3. The van der Waals surface area contributed by atoms with Crippen molar-refractivity contribution in [1.82, 2.24) is 19.5 Å². The number of anilines is 1. The molecule has 1 aliphatic heterocycles. The molecule has 0 bridgehead atoms. The summed E-state index contributed by atoms with van der Waals surface area (Å²) in [6.45, 7) is 4.00. The van der Waals surface area contributed by atoms with Crippen molar-refractivity contribution in [3.8, 4) is 0 Å². The summed E-state index contributed by atoms with van der Waals surface area (Å²) in [5.74, 6) is -1.14. The van der Waals surface area contributed by atoms with Gasteiger partial charge in [-0.25, -0.2) is 8.78 Å². The van der Waals surface area contributed by atoms with Crippen LogP contribution in [-0.4, -0.2) is 51.6 Å². The normalized spacial score (nSPS) is 14.9. The number of carbonyl (C=O) groups excluding carboxylic acids is 1. The number of carbonyl (C=O) groups is 1. The monoisotopic (exact) mass is 357 g/mol. The zero-order chi connectivity index (χ0) is 18.3. The quantitative estimate of drug-likeness (QED) is 0.706. The molecule has 2 aromatic heterocycles. The van der Waals surface area contributed by atoms with Crippen molar-refractivity contribution in [2.45, 2.75) is 6.92 Å². The molecule has 6 nitrogen and oxygen atoms in total. The number of rotatable bonds is 2. The maximum absolute atomic E-state index is 13.4. The summed E-state index contributed by atoms with van der Waals surface area (Å²) in [6, 6.07) is 8.69. The second-order valence-electron chi connectivity index (χ2n) is 6.30. The van der Waals surface area contributed by atoms with Gasteiger partial charge in [0, 0.05) is 43.5 Å². The second kappa shape index (κ2) is 6.36. The first-order valence-corrected chi connectivity index (χ1v) is 8.34. The summed E-state index contributed by atoms with van der Waals surface area (Å²) in [4.78, 5) is 16.2. The Bertz CT molecular complexity index is 959. The average molecular weight is 357 g/mol. The van der Waals surface area contributed by atoms with Crippen molar-refractivity contribution >= 4 is 17.5 Å². The number of hydrogen-bond acceptors (Lipinski definition) is 4. The lowest BCUT2D eigenvalue weighted by molar-refractivity contribution is 0.0745. The van der Waals surface area contributed by atoms with Crippen molar-refractivity contribution in [2.24, 2.45) is 0 Å². The first-order valence-electron chi connectivity index (χ1n) is 8.34. The minimum absolute atomic E-state index is 0.0275. The molecule has 3 heterocycles. The molecule has 0 spiro atoms. The number of aryl methyl sites for hydroxylation is 1. The molecule has 1 fully saturated rings. The lowest BCUT2D eigenvalue weighted by Gasteiger charge is -2.34. The predicted molar refractivity (Wildman–Crippen MR) is 92.2 cm³/mol. The molecular formula is C18H17F2N5O. The van der Waals surface area contributed by atoms with Gasteiger partial charge in [-0.05, 0) is 31.2 Å². The number of halogens is 2. The fourth-order valence-electron chi connectivity index (χ4n) is 3.26. The van der Waals surface area contributed by atoms with E-state index in [1.807, 2.05) is 29.5 Å². The molecule has 1 saturated heterocycles. The molecule has 0 unspecified atom stereocenters. The molecule has 0 atom stereocenters. The maximum atomic E-state index is 13.4.